The van der Waals surface area contributed by atoms with Gasteiger partial charge in [0.1, 0.15) is 0 Å². The van der Waals surface area contributed by atoms with E-state index in [4.69, 9.17) is 9.47 Å². The maximum absolute atomic E-state index is 12.1. The van der Waals surface area contributed by atoms with Gasteiger partial charge in [-0.05, 0) is 37.0 Å². The van der Waals surface area contributed by atoms with Gasteiger partial charge in [-0.1, -0.05) is 26.0 Å². The zero-order valence-electron chi connectivity index (χ0n) is 16.5. The van der Waals surface area contributed by atoms with E-state index in [1.54, 1.807) is 37.4 Å². The molecule has 0 saturated carbocycles. The maximum atomic E-state index is 12.1. The van der Waals surface area contributed by atoms with Gasteiger partial charge >= 0.3 is 6.03 Å². The van der Waals surface area contributed by atoms with Crippen LogP contribution < -0.4 is 20.1 Å². The van der Waals surface area contributed by atoms with E-state index in [0.717, 1.165) is 12.8 Å². The second-order valence-electron chi connectivity index (χ2n) is 6.84. The Kier molecular flexibility index (Phi) is 7.80. The number of urea groups is 1. The molecule has 0 unspecified atom stereocenters. The van der Waals surface area contributed by atoms with Crippen LogP contribution in [0.3, 0.4) is 0 Å². The summed E-state index contributed by atoms with van der Waals surface area (Å²) >= 11 is 0. The second kappa shape index (κ2) is 10.3. The van der Waals surface area contributed by atoms with Crippen molar-refractivity contribution in [3.8, 4) is 23.0 Å². The number of nitrogens with one attached hydrogen (secondary N) is 2. The van der Waals surface area contributed by atoms with Crippen LogP contribution in [0.15, 0.2) is 36.4 Å². The number of methoxy groups -OCH3 is 1. The van der Waals surface area contributed by atoms with Crippen molar-refractivity contribution in [3.05, 3.63) is 42.0 Å². The molecule has 152 valence electrons. The number of para-hydroxylation sites is 1. The van der Waals surface area contributed by atoms with Gasteiger partial charge in [0, 0.05) is 23.9 Å². The predicted molar refractivity (Wildman–Crippen MR) is 108 cm³/mol. The third kappa shape index (κ3) is 6.26. The average molecular weight is 388 g/mol. The molecule has 0 aliphatic rings. The standard InChI is InChI=1S/C21H28N2O5/c1-14(2)6-5-11-28-19-12-16(9-10-18(19)27-3)23-21(26)22-13-15-7-4-8-17(24)20(15)25/h4,7-10,12,14,24-25H,5-6,11,13H2,1-3H3,(H2,22,23,26). The molecule has 0 spiro atoms. The van der Waals surface area contributed by atoms with E-state index in [1.807, 2.05) is 0 Å². The van der Waals surface area contributed by atoms with Gasteiger partial charge in [-0.25, -0.2) is 4.79 Å². The highest BCUT2D eigenvalue weighted by Gasteiger charge is 2.10. The fourth-order valence-corrected chi connectivity index (χ4v) is 2.61. The number of amides is 2. The van der Waals surface area contributed by atoms with Crippen molar-refractivity contribution in [1.82, 2.24) is 5.32 Å². The van der Waals surface area contributed by atoms with Crippen molar-refractivity contribution >= 4 is 11.7 Å². The number of rotatable bonds is 9. The minimum atomic E-state index is -0.446. The Hall–Kier alpha value is -3.09. The first-order chi connectivity index (χ1) is 13.4. The van der Waals surface area contributed by atoms with Gasteiger partial charge in [0.15, 0.2) is 23.0 Å². The molecule has 4 N–H and O–H groups in total. The van der Waals surface area contributed by atoms with Gasteiger partial charge < -0.3 is 30.3 Å². The lowest BCUT2D eigenvalue weighted by molar-refractivity contribution is 0.251. The van der Waals surface area contributed by atoms with E-state index < -0.39 is 6.03 Å². The summed E-state index contributed by atoms with van der Waals surface area (Å²) in [7, 11) is 1.57. The van der Waals surface area contributed by atoms with Crippen molar-refractivity contribution in [2.75, 3.05) is 19.0 Å². The van der Waals surface area contributed by atoms with Gasteiger partial charge in [-0.3, -0.25) is 0 Å². The van der Waals surface area contributed by atoms with Crippen molar-refractivity contribution < 1.29 is 24.5 Å². The first-order valence-corrected chi connectivity index (χ1v) is 9.26. The van der Waals surface area contributed by atoms with Crippen molar-refractivity contribution in [2.24, 2.45) is 5.92 Å². The van der Waals surface area contributed by atoms with Gasteiger partial charge in [0.05, 0.1) is 13.7 Å². The molecule has 2 aromatic carbocycles. The molecule has 0 atom stereocenters. The van der Waals surface area contributed by atoms with Gasteiger partial charge in [0.25, 0.3) is 0 Å². The number of anilines is 1. The summed E-state index contributed by atoms with van der Waals surface area (Å²) in [6.07, 6.45) is 2.01. The van der Waals surface area contributed by atoms with Crippen LogP contribution in [0.25, 0.3) is 0 Å². The minimum Gasteiger partial charge on any atom is -0.504 e. The lowest BCUT2D eigenvalue weighted by atomic mass is 10.1. The molecule has 2 rings (SSSR count). The molecule has 2 aromatic rings. The van der Waals surface area contributed by atoms with Crippen LogP contribution in [-0.4, -0.2) is 30.0 Å². The fourth-order valence-electron chi connectivity index (χ4n) is 2.61. The van der Waals surface area contributed by atoms with Crippen molar-refractivity contribution in [1.29, 1.82) is 0 Å². The van der Waals surface area contributed by atoms with Crippen molar-refractivity contribution in [3.63, 3.8) is 0 Å². The van der Waals surface area contributed by atoms with Crippen LogP contribution in [0.2, 0.25) is 0 Å². The first-order valence-electron chi connectivity index (χ1n) is 9.26. The molecule has 0 aliphatic heterocycles. The number of phenols is 2. The number of ether oxygens (including phenoxy) is 2. The maximum Gasteiger partial charge on any atom is 0.319 e. The number of carbonyl (C=O) groups is 1. The van der Waals surface area contributed by atoms with Gasteiger partial charge in [-0.15, -0.1) is 0 Å². The molecule has 0 radical (unpaired) electrons. The largest absolute Gasteiger partial charge is 0.504 e. The molecule has 0 heterocycles. The van der Waals surface area contributed by atoms with E-state index >= 15 is 0 Å². The predicted octanol–water partition coefficient (Wildman–Crippen LogP) is 4.24. The highest BCUT2D eigenvalue weighted by molar-refractivity contribution is 5.89. The molecular formula is C21H28N2O5. The third-order valence-corrected chi connectivity index (χ3v) is 4.14. The molecule has 0 bridgehead atoms. The molecule has 0 aromatic heterocycles. The summed E-state index contributed by atoms with van der Waals surface area (Å²) in [6, 6.07) is 9.29. The monoisotopic (exact) mass is 388 g/mol. The summed E-state index contributed by atoms with van der Waals surface area (Å²) in [5, 5.41) is 24.6. The highest BCUT2D eigenvalue weighted by Crippen LogP contribution is 2.31. The molecule has 28 heavy (non-hydrogen) atoms. The molecule has 2 amide bonds. The van der Waals surface area contributed by atoms with E-state index in [2.05, 4.69) is 24.5 Å². The van der Waals surface area contributed by atoms with Crippen LogP contribution in [-0.2, 0) is 6.54 Å². The number of benzene rings is 2. The zero-order valence-corrected chi connectivity index (χ0v) is 16.5. The Morgan fingerprint density at radius 3 is 2.64 bits per heavy atom. The Labute approximate surface area is 165 Å². The third-order valence-electron chi connectivity index (χ3n) is 4.14. The Morgan fingerprint density at radius 2 is 1.93 bits per heavy atom. The summed E-state index contributed by atoms with van der Waals surface area (Å²) in [5.41, 5.74) is 0.969. The van der Waals surface area contributed by atoms with Crippen LogP contribution in [0.4, 0.5) is 10.5 Å². The van der Waals surface area contributed by atoms with Crippen LogP contribution in [0.5, 0.6) is 23.0 Å². The Bertz CT molecular complexity index is 792. The van der Waals surface area contributed by atoms with Crippen LogP contribution in [0, 0.1) is 5.92 Å². The minimum absolute atomic E-state index is 0.0702. The summed E-state index contributed by atoms with van der Waals surface area (Å²) in [6.45, 7) is 4.97. The van der Waals surface area contributed by atoms with Gasteiger partial charge in [0.2, 0.25) is 0 Å². The number of carbonyl (C=O) groups excluding carboxylic acids is 1. The summed E-state index contributed by atoms with van der Waals surface area (Å²) < 4.78 is 11.1. The van der Waals surface area contributed by atoms with Crippen molar-refractivity contribution in [2.45, 2.75) is 33.2 Å². The molecular weight excluding hydrogens is 360 g/mol. The van der Waals surface area contributed by atoms with Crippen LogP contribution in [0.1, 0.15) is 32.3 Å². The zero-order chi connectivity index (χ0) is 20.5. The molecule has 0 fully saturated rings. The molecule has 0 aliphatic carbocycles. The van der Waals surface area contributed by atoms with Gasteiger partial charge in [-0.2, -0.15) is 0 Å². The summed E-state index contributed by atoms with van der Waals surface area (Å²) in [5.74, 6) is 1.31. The average Bonchev–Trinajstić information content (AvgIpc) is 2.66. The van der Waals surface area contributed by atoms with Crippen LogP contribution >= 0.6 is 0 Å². The summed E-state index contributed by atoms with van der Waals surface area (Å²) in [4.78, 5) is 12.1. The SMILES string of the molecule is COc1ccc(NC(=O)NCc2cccc(O)c2O)cc1OCCCC(C)C. The molecule has 7 heteroatoms. The Morgan fingerprint density at radius 1 is 1.14 bits per heavy atom. The molecule has 0 saturated heterocycles. The number of hydrogen-bond donors (Lipinski definition) is 4. The fraction of sp³-hybridized carbons (Fsp3) is 0.381. The number of hydrogen-bond acceptors (Lipinski definition) is 5. The van der Waals surface area contributed by atoms with E-state index in [9.17, 15) is 15.0 Å². The molecule has 7 nitrogen and oxygen atoms in total. The van der Waals surface area contributed by atoms with E-state index in [1.165, 1.54) is 6.07 Å². The lowest BCUT2D eigenvalue weighted by Crippen LogP contribution is -2.28. The lowest BCUT2D eigenvalue weighted by Gasteiger charge is -2.14. The van der Waals surface area contributed by atoms with E-state index in [-0.39, 0.29) is 18.0 Å². The first kappa shape index (κ1) is 21.2. The second-order valence-corrected chi connectivity index (χ2v) is 6.84. The number of phenolic OH excluding ortho intramolecular Hbond substituents is 2. The Balaban J connectivity index is 1.94. The van der Waals surface area contributed by atoms with E-state index in [0.29, 0.717) is 35.3 Å². The quantitative estimate of drug-likeness (QED) is 0.380. The highest BCUT2D eigenvalue weighted by atomic mass is 16.5. The number of aromatic hydroxyl groups is 2. The topological polar surface area (TPSA) is 100 Å². The smallest absolute Gasteiger partial charge is 0.319 e. The normalized spacial score (nSPS) is 10.6.